The van der Waals surface area contributed by atoms with Gasteiger partial charge in [-0.3, -0.25) is 4.90 Å². The van der Waals surface area contributed by atoms with Gasteiger partial charge in [0, 0.05) is 42.2 Å². The number of carbonyl (C=O) groups excluding carboxylic acids is 1. The highest BCUT2D eigenvalue weighted by molar-refractivity contribution is 6.90. The van der Waals surface area contributed by atoms with Crippen LogP contribution in [0.1, 0.15) is 80.7 Å². The molecule has 1 aromatic heterocycles. The third-order valence-corrected chi connectivity index (χ3v) is 17.9. The van der Waals surface area contributed by atoms with Gasteiger partial charge in [0.1, 0.15) is 36.6 Å². The molecule has 3 heterocycles. The van der Waals surface area contributed by atoms with E-state index in [2.05, 4.69) is 63.0 Å². The summed E-state index contributed by atoms with van der Waals surface area (Å²) in [5, 5.41) is 0.862. The highest BCUT2D eigenvalue weighted by Gasteiger charge is 2.46. The van der Waals surface area contributed by atoms with Crippen LogP contribution in [0.4, 0.5) is 38.3 Å². The molecule has 3 aromatic carbocycles. The summed E-state index contributed by atoms with van der Waals surface area (Å²) in [6, 6.07) is 6.16. The Balaban J connectivity index is 1.59. The number of anilines is 2. The summed E-state index contributed by atoms with van der Waals surface area (Å²) in [7, 11) is -0.950. The van der Waals surface area contributed by atoms with Crippen LogP contribution in [-0.2, 0) is 9.47 Å². The maximum atomic E-state index is 17.6. The average Bonchev–Trinajstić information content (AvgIpc) is 3.41. The predicted molar refractivity (Wildman–Crippen MR) is 226 cm³/mol. The van der Waals surface area contributed by atoms with Crippen LogP contribution in [0.25, 0.3) is 32.8 Å². The van der Waals surface area contributed by atoms with Crippen molar-refractivity contribution >= 4 is 47.3 Å². The van der Waals surface area contributed by atoms with Gasteiger partial charge in [0.2, 0.25) is 0 Å². The number of aromatic nitrogens is 2. The van der Waals surface area contributed by atoms with E-state index in [1.807, 2.05) is 0 Å². The summed E-state index contributed by atoms with van der Waals surface area (Å²) in [6.45, 7) is 16.8. The number of alkyl halides is 3. The Morgan fingerprint density at radius 2 is 1.58 bits per heavy atom. The van der Waals surface area contributed by atoms with Crippen molar-refractivity contribution in [3.05, 3.63) is 47.5 Å². The molecular formula is C44H54F5N5O5Si. The first-order valence-corrected chi connectivity index (χ1v) is 22.5. The van der Waals surface area contributed by atoms with Crippen LogP contribution in [0.5, 0.6) is 11.8 Å². The summed E-state index contributed by atoms with van der Waals surface area (Å²) >= 11 is 0. The van der Waals surface area contributed by atoms with Crippen LogP contribution < -0.4 is 20.1 Å². The van der Waals surface area contributed by atoms with E-state index in [1.165, 1.54) is 25.3 Å². The Morgan fingerprint density at radius 3 is 2.15 bits per heavy atom. The molecule has 1 amide bonds. The summed E-state index contributed by atoms with van der Waals surface area (Å²) in [4.78, 5) is 25.3. The zero-order valence-corrected chi connectivity index (χ0v) is 36.8. The maximum absolute atomic E-state index is 17.6. The second-order valence-corrected chi connectivity index (χ2v) is 23.2. The normalized spacial score (nSPS) is 17.2. The number of carbonyl (C=O) groups is 1. The number of methoxy groups -OCH3 is 1. The molecule has 0 unspecified atom stereocenters. The SMILES string of the molecule is COCOc1cc(-c2c(N)cc3c(N4C[C@H]5CC[C@@H](C4)N5C(=O)OC(C)(C)C)nc(OCC(F)(F)F)nc3c2F)c2c(C#C[Si](C(C)C)(C(C)C)C(C)C)c(F)ccc2c1. The molecule has 2 aliphatic rings. The lowest BCUT2D eigenvalue weighted by Gasteiger charge is -2.42. The van der Waals surface area contributed by atoms with Crippen LogP contribution in [-0.4, -0.2) is 86.5 Å². The molecule has 2 saturated heterocycles. The first-order valence-electron chi connectivity index (χ1n) is 20.2. The molecule has 2 aliphatic heterocycles. The lowest BCUT2D eigenvalue weighted by Crippen LogP contribution is -2.57. The van der Waals surface area contributed by atoms with E-state index in [0.717, 1.165) is 0 Å². The fraction of sp³-hybridized carbons (Fsp3) is 0.523. The lowest BCUT2D eigenvalue weighted by molar-refractivity contribution is -0.154. The van der Waals surface area contributed by atoms with E-state index >= 15 is 8.78 Å². The minimum Gasteiger partial charge on any atom is -0.468 e. The number of rotatable bonds is 10. The monoisotopic (exact) mass is 855 g/mol. The fourth-order valence-corrected chi connectivity index (χ4v) is 14.4. The quantitative estimate of drug-likeness (QED) is 0.0548. The van der Waals surface area contributed by atoms with Gasteiger partial charge in [-0.05, 0) is 85.5 Å². The molecule has 324 valence electrons. The molecule has 60 heavy (non-hydrogen) atoms. The van der Waals surface area contributed by atoms with Crippen molar-refractivity contribution in [3.8, 4) is 34.4 Å². The Morgan fingerprint density at radius 1 is 0.950 bits per heavy atom. The zero-order chi connectivity index (χ0) is 44.1. The first-order chi connectivity index (χ1) is 28.1. The minimum absolute atomic E-state index is 0.0504. The first kappa shape index (κ1) is 44.7. The molecule has 0 saturated carbocycles. The standard InChI is InChI=1S/C44H54F5N5O5Si/c1-24(2)60(25(3)4,26(5)6)16-15-31-34(45)14-11-27-17-30(58-23-56-10)18-32(36(27)31)37-35(50)19-33-39(38(37)46)51-41(57-22-44(47,48)49)52-40(33)53-20-28-12-13-29(21-53)54(28)42(55)59-43(7,8)9/h11,14,17-19,24-26,28-29H,12-13,20-23,50H2,1-10H3/t28-,29+. The molecule has 2 atom stereocenters. The number of nitrogen functional groups attached to an aromatic ring is 1. The number of ether oxygens (including phenoxy) is 4. The zero-order valence-electron chi connectivity index (χ0n) is 35.8. The molecule has 2 bridgehead atoms. The summed E-state index contributed by atoms with van der Waals surface area (Å²) in [5.74, 6) is 1.97. The molecule has 0 spiro atoms. The summed E-state index contributed by atoms with van der Waals surface area (Å²) < 4.78 is 96.1. The molecular weight excluding hydrogens is 802 g/mol. The van der Waals surface area contributed by atoms with Crippen molar-refractivity contribution in [1.29, 1.82) is 0 Å². The van der Waals surface area contributed by atoms with E-state index in [4.69, 9.17) is 24.7 Å². The van der Waals surface area contributed by atoms with Gasteiger partial charge in [0.25, 0.3) is 0 Å². The summed E-state index contributed by atoms with van der Waals surface area (Å²) in [6.07, 6.45) is -3.92. The molecule has 0 aliphatic carbocycles. The fourth-order valence-electron chi connectivity index (χ4n) is 9.17. The number of hydrogen-bond acceptors (Lipinski definition) is 9. The number of fused-ring (bicyclic) bond motifs is 4. The van der Waals surface area contributed by atoms with Gasteiger partial charge in [0.15, 0.2) is 19.2 Å². The van der Waals surface area contributed by atoms with Crippen LogP contribution in [0.2, 0.25) is 16.6 Å². The van der Waals surface area contributed by atoms with Gasteiger partial charge in [-0.15, -0.1) is 5.54 Å². The van der Waals surface area contributed by atoms with Crippen molar-refractivity contribution in [2.45, 2.75) is 116 Å². The largest absolute Gasteiger partial charge is 0.468 e. The van der Waals surface area contributed by atoms with Crippen LogP contribution in [0.3, 0.4) is 0 Å². The van der Waals surface area contributed by atoms with Gasteiger partial charge in [-0.1, -0.05) is 53.5 Å². The minimum atomic E-state index is -4.74. The van der Waals surface area contributed by atoms with E-state index in [0.29, 0.717) is 18.2 Å². The molecule has 16 heteroatoms. The number of benzene rings is 3. The van der Waals surface area contributed by atoms with Crippen molar-refractivity contribution in [2.24, 2.45) is 0 Å². The lowest BCUT2D eigenvalue weighted by atomic mass is 9.92. The summed E-state index contributed by atoms with van der Waals surface area (Å²) in [5.41, 5.74) is 9.92. The maximum Gasteiger partial charge on any atom is 0.422 e. The second kappa shape index (κ2) is 16.9. The van der Waals surface area contributed by atoms with E-state index < -0.39 is 50.2 Å². The van der Waals surface area contributed by atoms with Gasteiger partial charge < -0.3 is 29.6 Å². The number of nitrogens with zero attached hydrogens (tertiary/aromatic N) is 4. The third kappa shape index (κ3) is 8.79. The number of hydrogen-bond donors (Lipinski definition) is 1. The highest BCUT2D eigenvalue weighted by atomic mass is 28.3. The van der Waals surface area contributed by atoms with E-state index in [1.54, 1.807) is 42.7 Å². The Bertz CT molecular complexity index is 2300. The van der Waals surface area contributed by atoms with Gasteiger partial charge >= 0.3 is 18.3 Å². The highest BCUT2D eigenvalue weighted by Crippen LogP contribution is 2.45. The van der Waals surface area contributed by atoms with Crippen LogP contribution >= 0.6 is 0 Å². The smallest absolute Gasteiger partial charge is 0.422 e. The van der Waals surface area contributed by atoms with E-state index in [-0.39, 0.29) is 98.8 Å². The molecule has 6 rings (SSSR count). The van der Waals surface area contributed by atoms with E-state index in [9.17, 15) is 18.0 Å². The van der Waals surface area contributed by atoms with Crippen molar-refractivity contribution in [1.82, 2.24) is 14.9 Å². The molecule has 10 nitrogen and oxygen atoms in total. The topological polar surface area (TPSA) is 112 Å². The van der Waals surface area contributed by atoms with Crippen molar-refractivity contribution in [2.75, 3.05) is 44.2 Å². The number of piperazine rings is 1. The van der Waals surface area contributed by atoms with Crippen LogP contribution in [0, 0.1) is 23.1 Å². The Labute approximate surface area is 348 Å². The Kier molecular flexibility index (Phi) is 12.6. The number of nitrogens with two attached hydrogens (primary N) is 1. The Hall–Kier alpha value is -4.88. The van der Waals surface area contributed by atoms with Crippen molar-refractivity contribution in [3.63, 3.8) is 0 Å². The molecule has 0 radical (unpaired) electrons. The molecule has 4 aromatic rings. The average molecular weight is 856 g/mol. The van der Waals surface area contributed by atoms with Gasteiger partial charge in [-0.2, -0.15) is 23.1 Å². The van der Waals surface area contributed by atoms with Crippen LogP contribution in [0.15, 0.2) is 30.3 Å². The van der Waals surface area contributed by atoms with Gasteiger partial charge in [-0.25, -0.2) is 13.6 Å². The predicted octanol–water partition coefficient (Wildman–Crippen LogP) is 10.4. The molecule has 2 fully saturated rings. The van der Waals surface area contributed by atoms with Crippen molar-refractivity contribution < 1.29 is 45.7 Å². The van der Waals surface area contributed by atoms with Gasteiger partial charge in [0.05, 0.1) is 17.6 Å². The number of halogens is 5. The number of amides is 1. The third-order valence-electron chi connectivity index (χ3n) is 11.6. The molecule has 2 N–H and O–H groups in total. The second-order valence-electron chi connectivity index (χ2n) is 17.7.